The Morgan fingerprint density at radius 3 is 2.74 bits per heavy atom. The van der Waals surface area contributed by atoms with Gasteiger partial charge in [0, 0.05) is 22.8 Å². The molecule has 2 aromatic rings. The highest BCUT2D eigenvalue weighted by molar-refractivity contribution is 9.10. The van der Waals surface area contributed by atoms with E-state index in [9.17, 15) is 0 Å². The average molecular weight is 342 g/mol. The lowest BCUT2D eigenvalue weighted by atomic mass is 10.3. The molecule has 6 heteroatoms. The zero-order chi connectivity index (χ0) is 13.8. The largest absolute Gasteiger partial charge is 0.354 e. The van der Waals surface area contributed by atoms with Crippen molar-refractivity contribution in [2.75, 3.05) is 17.2 Å². The summed E-state index contributed by atoms with van der Waals surface area (Å²) >= 11 is 9.55. The quantitative estimate of drug-likeness (QED) is 0.866. The van der Waals surface area contributed by atoms with Gasteiger partial charge >= 0.3 is 0 Å². The van der Waals surface area contributed by atoms with Crippen LogP contribution in [0.15, 0.2) is 28.7 Å². The summed E-state index contributed by atoms with van der Waals surface area (Å²) in [4.78, 5) is 8.68. The summed E-state index contributed by atoms with van der Waals surface area (Å²) in [7, 11) is 0. The van der Waals surface area contributed by atoms with Crippen LogP contribution in [-0.2, 0) is 0 Å². The average Bonchev–Trinajstić information content (AvgIpc) is 2.32. The first-order valence-corrected chi connectivity index (χ1v) is 7.07. The molecule has 0 fully saturated rings. The van der Waals surface area contributed by atoms with Crippen molar-refractivity contribution in [3.05, 3.63) is 39.5 Å². The van der Waals surface area contributed by atoms with Gasteiger partial charge < -0.3 is 10.6 Å². The van der Waals surface area contributed by atoms with Gasteiger partial charge in [0.25, 0.3) is 0 Å². The van der Waals surface area contributed by atoms with Gasteiger partial charge in [0.15, 0.2) is 0 Å². The highest BCUT2D eigenvalue weighted by atomic mass is 79.9. The van der Waals surface area contributed by atoms with Gasteiger partial charge in [-0.1, -0.05) is 27.5 Å². The van der Waals surface area contributed by atoms with Crippen LogP contribution >= 0.6 is 27.5 Å². The third kappa shape index (κ3) is 3.81. The molecule has 0 aliphatic carbocycles. The molecule has 0 saturated carbocycles. The first-order valence-electron chi connectivity index (χ1n) is 5.90. The maximum Gasteiger partial charge on any atom is 0.224 e. The third-order valence-corrected chi connectivity index (χ3v) is 3.19. The Hall–Kier alpha value is -1.33. The molecular formula is C13H14BrClN4. The second-order valence-electron chi connectivity index (χ2n) is 4.00. The third-order valence-electron chi connectivity index (χ3n) is 2.38. The molecule has 2 N–H and O–H groups in total. The van der Waals surface area contributed by atoms with Crippen LogP contribution in [0, 0.1) is 6.92 Å². The fourth-order valence-corrected chi connectivity index (χ4v) is 2.32. The predicted octanol–water partition coefficient (Wildman–Crippen LogP) is 4.38. The van der Waals surface area contributed by atoms with Crippen molar-refractivity contribution < 1.29 is 0 Å². The molecule has 2 rings (SSSR count). The SMILES string of the molecule is CCNc1nc(C)cc(Nc2ccc(Br)cc2Cl)n1. The lowest BCUT2D eigenvalue weighted by molar-refractivity contribution is 1.05. The van der Waals surface area contributed by atoms with E-state index >= 15 is 0 Å². The second kappa shape index (κ2) is 6.21. The zero-order valence-electron chi connectivity index (χ0n) is 10.7. The van der Waals surface area contributed by atoms with Gasteiger partial charge in [-0.3, -0.25) is 0 Å². The normalized spacial score (nSPS) is 10.3. The van der Waals surface area contributed by atoms with Crippen molar-refractivity contribution in [1.82, 2.24) is 9.97 Å². The molecule has 0 unspecified atom stereocenters. The fourth-order valence-electron chi connectivity index (χ4n) is 1.60. The fraction of sp³-hybridized carbons (Fsp3) is 0.231. The van der Waals surface area contributed by atoms with Crippen molar-refractivity contribution in [3.8, 4) is 0 Å². The number of rotatable bonds is 4. The van der Waals surface area contributed by atoms with Crippen molar-refractivity contribution in [3.63, 3.8) is 0 Å². The van der Waals surface area contributed by atoms with Crippen LogP contribution in [0.1, 0.15) is 12.6 Å². The van der Waals surface area contributed by atoms with E-state index in [0.717, 1.165) is 22.4 Å². The van der Waals surface area contributed by atoms with Crippen LogP contribution in [0.2, 0.25) is 5.02 Å². The van der Waals surface area contributed by atoms with E-state index in [1.54, 1.807) is 0 Å². The molecule has 0 atom stereocenters. The van der Waals surface area contributed by atoms with Crippen LogP contribution in [0.25, 0.3) is 0 Å². The first-order chi connectivity index (χ1) is 9.08. The summed E-state index contributed by atoms with van der Waals surface area (Å²) in [5.74, 6) is 1.32. The zero-order valence-corrected chi connectivity index (χ0v) is 13.0. The number of hydrogen-bond donors (Lipinski definition) is 2. The van der Waals surface area contributed by atoms with Crippen LogP contribution in [0.3, 0.4) is 0 Å². The summed E-state index contributed by atoms with van der Waals surface area (Å²) in [6.07, 6.45) is 0. The molecule has 0 bridgehead atoms. The highest BCUT2D eigenvalue weighted by Crippen LogP contribution is 2.28. The minimum Gasteiger partial charge on any atom is -0.354 e. The lowest BCUT2D eigenvalue weighted by Crippen LogP contribution is -2.05. The Morgan fingerprint density at radius 1 is 1.26 bits per heavy atom. The molecular weight excluding hydrogens is 328 g/mol. The standard InChI is InChI=1S/C13H14BrClN4/c1-3-16-13-17-8(2)6-12(19-13)18-11-5-4-9(14)7-10(11)15/h4-7H,3H2,1-2H3,(H2,16,17,18,19). The number of hydrogen-bond acceptors (Lipinski definition) is 4. The van der Waals surface area contributed by atoms with E-state index in [-0.39, 0.29) is 0 Å². The Labute approximate surface area is 125 Å². The number of nitrogens with one attached hydrogen (secondary N) is 2. The van der Waals surface area contributed by atoms with Gasteiger partial charge in [-0.2, -0.15) is 4.98 Å². The van der Waals surface area contributed by atoms with E-state index in [1.165, 1.54) is 0 Å². The molecule has 0 saturated heterocycles. The second-order valence-corrected chi connectivity index (χ2v) is 5.32. The van der Waals surface area contributed by atoms with E-state index in [2.05, 4.69) is 36.5 Å². The maximum atomic E-state index is 6.17. The van der Waals surface area contributed by atoms with Crippen LogP contribution in [-0.4, -0.2) is 16.5 Å². The van der Waals surface area contributed by atoms with Gasteiger partial charge in [-0.15, -0.1) is 0 Å². The minimum absolute atomic E-state index is 0.609. The van der Waals surface area contributed by atoms with Gasteiger partial charge in [0.1, 0.15) is 5.82 Å². The predicted molar refractivity (Wildman–Crippen MR) is 83.4 cm³/mol. The molecule has 19 heavy (non-hydrogen) atoms. The number of aromatic nitrogens is 2. The molecule has 0 aliphatic heterocycles. The Kier molecular flexibility index (Phi) is 4.61. The number of benzene rings is 1. The number of halogens is 2. The maximum absolute atomic E-state index is 6.17. The van der Waals surface area contributed by atoms with E-state index < -0.39 is 0 Å². The molecule has 4 nitrogen and oxygen atoms in total. The lowest BCUT2D eigenvalue weighted by Gasteiger charge is -2.10. The van der Waals surface area contributed by atoms with Crippen LogP contribution < -0.4 is 10.6 Å². The van der Waals surface area contributed by atoms with E-state index in [1.807, 2.05) is 38.1 Å². The molecule has 1 heterocycles. The van der Waals surface area contributed by atoms with Gasteiger partial charge in [0.05, 0.1) is 10.7 Å². The molecule has 0 amide bonds. The Balaban J connectivity index is 2.27. The van der Waals surface area contributed by atoms with Crippen LogP contribution in [0.5, 0.6) is 0 Å². The molecule has 0 aliphatic rings. The Bertz CT molecular complexity index is 589. The van der Waals surface area contributed by atoms with Gasteiger partial charge in [-0.25, -0.2) is 4.98 Å². The molecule has 0 spiro atoms. The minimum atomic E-state index is 0.609. The summed E-state index contributed by atoms with van der Waals surface area (Å²) in [5, 5.41) is 6.93. The van der Waals surface area contributed by atoms with Crippen molar-refractivity contribution in [2.45, 2.75) is 13.8 Å². The highest BCUT2D eigenvalue weighted by Gasteiger charge is 2.05. The number of aryl methyl sites for hydroxylation is 1. The van der Waals surface area contributed by atoms with Gasteiger partial charge in [-0.05, 0) is 32.0 Å². The summed E-state index contributed by atoms with van der Waals surface area (Å²) < 4.78 is 0.940. The smallest absolute Gasteiger partial charge is 0.224 e. The molecule has 0 radical (unpaired) electrons. The number of nitrogens with zero attached hydrogens (tertiary/aromatic N) is 2. The Morgan fingerprint density at radius 2 is 2.05 bits per heavy atom. The first kappa shape index (κ1) is 14.1. The monoisotopic (exact) mass is 340 g/mol. The molecule has 1 aromatic heterocycles. The molecule has 1 aromatic carbocycles. The van der Waals surface area contributed by atoms with E-state index in [4.69, 9.17) is 11.6 Å². The summed E-state index contributed by atoms with van der Waals surface area (Å²) in [6.45, 7) is 4.71. The summed E-state index contributed by atoms with van der Waals surface area (Å²) in [6, 6.07) is 7.53. The van der Waals surface area contributed by atoms with Crippen molar-refractivity contribution >= 4 is 45.0 Å². The van der Waals surface area contributed by atoms with Crippen molar-refractivity contribution in [2.24, 2.45) is 0 Å². The summed E-state index contributed by atoms with van der Waals surface area (Å²) in [5.41, 5.74) is 1.70. The molecule has 100 valence electrons. The topological polar surface area (TPSA) is 49.8 Å². The number of anilines is 3. The van der Waals surface area contributed by atoms with Gasteiger partial charge in [0.2, 0.25) is 5.95 Å². The van der Waals surface area contributed by atoms with Crippen LogP contribution in [0.4, 0.5) is 17.5 Å². The van der Waals surface area contributed by atoms with Crippen molar-refractivity contribution in [1.29, 1.82) is 0 Å². The van der Waals surface area contributed by atoms with E-state index in [0.29, 0.717) is 16.8 Å².